The van der Waals surface area contributed by atoms with Crippen LogP contribution in [0.1, 0.15) is 31.6 Å². The molecule has 0 aromatic carbocycles. The van der Waals surface area contributed by atoms with Crippen LogP contribution in [0.3, 0.4) is 0 Å². The van der Waals surface area contributed by atoms with Gasteiger partial charge in [0.25, 0.3) is 0 Å². The number of rotatable bonds is 5. The molecule has 1 fully saturated rings. The van der Waals surface area contributed by atoms with Gasteiger partial charge >= 0.3 is 0 Å². The standard InChI is InChI=1S/C14H20N2O3S2/c1-10(2)8-12(13-4-3-6-20-13)15-16-14(17)11-5-7-21(18,19)9-11/h3-4,6,10-11H,5,7-9H2,1-2H3,(H,16,17). The molecule has 0 aliphatic carbocycles. The highest BCUT2D eigenvalue weighted by atomic mass is 32.2. The number of nitrogens with zero attached hydrogens (tertiary/aromatic N) is 1. The maximum Gasteiger partial charge on any atom is 0.244 e. The van der Waals surface area contributed by atoms with Crippen molar-refractivity contribution in [2.75, 3.05) is 11.5 Å². The van der Waals surface area contributed by atoms with Crippen LogP contribution in [0, 0.1) is 11.8 Å². The van der Waals surface area contributed by atoms with Crippen molar-refractivity contribution in [3.63, 3.8) is 0 Å². The van der Waals surface area contributed by atoms with Gasteiger partial charge in [-0.15, -0.1) is 11.3 Å². The van der Waals surface area contributed by atoms with Crippen molar-refractivity contribution in [3.8, 4) is 0 Å². The van der Waals surface area contributed by atoms with Crippen LogP contribution in [-0.2, 0) is 14.6 Å². The number of hydrogen-bond acceptors (Lipinski definition) is 5. The largest absolute Gasteiger partial charge is 0.273 e. The Labute approximate surface area is 129 Å². The highest BCUT2D eigenvalue weighted by Crippen LogP contribution is 2.19. The van der Waals surface area contributed by atoms with Crippen LogP contribution < -0.4 is 5.43 Å². The van der Waals surface area contributed by atoms with Crippen LogP contribution in [0.25, 0.3) is 0 Å². The quantitative estimate of drug-likeness (QED) is 0.664. The first kappa shape index (κ1) is 16.2. The third-order valence-electron chi connectivity index (χ3n) is 3.31. The lowest BCUT2D eigenvalue weighted by Crippen LogP contribution is -2.28. The summed E-state index contributed by atoms with van der Waals surface area (Å²) in [7, 11) is -3.05. The molecule has 21 heavy (non-hydrogen) atoms. The van der Waals surface area contributed by atoms with Gasteiger partial charge in [0.15, 0.2) is 9.84 Å². The molecule has 1 unspecified atom stereocenters. The Hall–Kier alpha value is -1.21. The zero-order valence-corrected chi connectivity index (χ0v) is 13.8. The number of hydrazone groups is 1. The van der Waals surface area contributed by atoms with E-state index in [9.17, 15) is 13.2 Å². The smallest absolute Gasteiger partial charge is 0.244 e. The van der Waals surface area contributed by atoms with E-state index in [2.05, 4.69) is 24.4 Å². The van der Waals surface area contributed by atoms with E-state index in [-0.39, 0.29) is 17.4 Å². The first-order chi connectivity index (χ1) is 9.87. The average Bonchev–Trinajstić information content (AvgIpc) is 3.02. The Morgan fingerprint density at radius 3 is 2.81 bits per heavy atom. The van der Waals surface area contributed by atoms with Crippen LogP contribution in [0.4, 0.5) is 0 Å². The maximum atomic E-state index is 12.0. The molecule has 0 bridgehead atoms. The molecule has 1 aliphatic heterocycles. The SMILES string of the molecule is CC(C)CC(=NNC(=O)C1CCS(=O)(=O)C1)c1cccs1. The van der Waals surface area contributed by atoms with Crippen molar-refractivity contribution >= 4 is 32.8 Å². The summed E-state index contributed by atoms with van der Waals surface area (Å²) >= 11 is 1.58. The third kappa shape index (κ3) is 4.64. The van der Waals surface area contributed by atoms with Gasteiger partial charge in [0.05, 0.1) is 28.0 Å². The number of hydrogen-bond donors (Lipinski definition) is 1. The Kier molecular flexibility index (Phi) is 5.16. The summed E-state index contributed by atoms with van der Waals surface area (Å²) in [5, 5.41) is 6.20. The molecule has 0 radical (unpaired) electrons. The predicted molar refractivity (Wildman–Crippen MR) is 85.2 cm³/mol. The zero-order chi connectivity index (χ0) is 15.5. The summed E-state index contributed by atoms with van der Waals surface area (Å²) in [6, 6.07) is 3.92. The zero-order valence-electron chi connectivity index (χ0n) is 12.2. The van der Waals surface area contributed by atoms with Gasteiger partial charge in [-0.05, 0) is 30.2 Å². The molecule has 2 rings (SSSR count). The molecule has 0 spiro atoms. The average molecular weight is 328 g/mol. The molecular weight excluding hydrogens is 308 g/mol. The van der Waals surface area contributed by atoms with E-state index >= 15 is 0 Å². The van der Waals surface area contributed by atoms with E-state index in [1.54, 1.807) is 11.3 Å². The fourth-order valence-corrected chi connectivity index (χ4v) is 4.71. The highest BCUT2D eigenvalue weighted by Gasteiger charge is 2.32. The van der Waals surface area contributed by atoms with Gasteiger partial charge in [0.1, 0.15) is 0 Å². The van der Waals surface area contributed by atoms with Gasteiger partial charge in [-0.2, -0.15) is 5.10 Å². The number of carbonyl (C=O) groups excluding carboxylic acids is 1. The molecule has 116 valence electrons. The predicted octanol–water partition coefficient (Wildman–Crippen LogP) is 2.05. The fourth-order valence-electron chi connectivity index (χ4n) is 2.25. The van der Waals surface area contributed by atoms with Gasteiger partial charge in [0.2, 0.25) is 5.91 Å². The Bertz CT molecular complexity index is 619. The number of nitrogens with one attached hydrogen (secondary N) is 1. The van der Waals surface area contributed by atoms with Crippen molar-refractivity contribution in [1.82, 2.24) is 5.43 Å². The first-order valence-electron chi connectivity index (χ1n) is 6.98. The van der Waals surface area contributed by atoms with E-state index < -0.39 is 15.8 Å². The lowest BCUT2D eigenvalue weighted by atomic mass is 10.1. The van der Waals surface area contributed by atoms with Crippen molar-refractivity contribution in [3.05, 3.63) is 22.4 Å². The molecule has 1 aromatic rings. The summed E-state index contributed by atoms with van der Waals surface area (Å²) in [4.78, 5) is 13.0. The molecule has 1 N–H and O–H groups in total. The second-order valence-electron chi connectivity index (χ2n) is 5.71. The van der Waals surface area contributed by atoms with Crippen molar-refractivity contribution in [1.29, 1.82) is 0 Å². The fraction of sp³-hybridized carbons (Fsp3) is 0.571. The van der Waals surface area contributed by atoms with E-state index in [1.165, 1.54) is 0 Å². The molecule has 2 heterocycles. The summed E-state index contributed by atoms with van der Waals surface area (Å²) in [5.74, 6) is -0.309. The molecule has 1 aliphatic rings. The van der Waals surface area contributed by atoms with Crippen molar-refractivity contribution in [2.45, 2.75) is 26.7 Å². The van der Waals surface area contributed by atoms with Crippen molar-refractivity contribution < 1.29 is 13.2 Å². The summed E-state index contributed by atoms with van der Waals surface area (Å²) in [5.41, 5.74) is 3.39. The van der Waals surface area contributed by atoms with Crippen LogP contribution in [-0.4, -0.2) is 31.5 Å². The van der Waals surface area contributed by atoms with E-state index in [1.807, 2.05) is 17.5 Å². The molecule has 0 saturated carbocycles. The minimum Gasteiger partial charge on any atom is -0.273 e. The maximum absolute atomic E-state index is 12.0. The lowest BCUT2D eigenvalue weighted by Gasteiger charge is -2.10. The number of sulfone groups is 1. The van der Waals surface area contributed by atoms with E-state index in [4.69, 9.17) is 0 Å². The first-order valence-corrected chi connectivity index (χ1v) is 9.68. The van der Waals surface area contributed by atoms with Gasteiger partial charge in [-0.3, -0.25) is 4.79 Å². The normalized spacial score (nSPS) is 21.7. The molecule has 1 amide bonds. The third-order valence-corrected chi connectivity index (χ3v) is 6.00. The van der Waals surface area contributed by atoms with Gasteiger partial charge in [-0.1, -0.05) is 19.9 Å². The molecule has 1 atom stereocenters. The van der Waals surface area contributed by atoms with E-state index in [0.29, 0.717) is 12.3 Å². The van der Waals surface area contributed by atoms with Gasteiger partial charge < -0.3 is 0 Å². The minimum absolute atomic E-state index is 0.0626. The Morgan fingerprint density at radius 1 is 1.52 bits per heavy atom. The Morgan fingerprint density at radius 2 is 2.29 bits per heavy atom. The molecule has 1 saturated heterocycles. The number of amides is 1. The number of carbonyl (C=O) groups is 1. The number of thiophene rings is 1. The lowest BCUT2D eigenvalue weighted by molar-refractivity contribution is -0.124. The monoisotopic (exact) mass is 328 g/mol. The minimum atomic E-state index is -3.05. The molecular formula is C14H20N2O3S2. The van der Waals surface area contributed by atoms with Crippen molar-refractivity contribution in [2.24, 2.45) is 16.9 Å². The van der Waals surface area contributed by atoms with Crippen LogP contribution in [0.15, 0.2) is 22.6 Å². The Balaban J connectivity index is 2.04. The van der Waals surface area contributed by atoms with Gasteiger partial charge in [-0.25, -0.2) is 13.8 Å². The molecule has 7 heteroatoms. The second kappa shape index (κ2) is 6.70. The van der Waals surface area contributed by atoms with Crippen LogP contribution in [0.5, 0.6) is 0 Å². The second-order valence-corrected chi connectivity index (χ2v) is 8.89. The summed E-state index contributed by atoms with van der Waals surface area (Å²) in [6.45, 7) is 4.18. The topological polar surface area (TPSA) is 75.6 Å². The van der Waals surface area contributed by atoms with E-state index in [0.717, 1.165) is 17.0 Å². The van der Waals surface area contributed by atoms with Crippen LogP contribution in [0.2, 0.25) is 0 Å². The highest BCUT2D eigenvalue weighted by molar-refractivity contribution is 7.91. The molecule has 5 nitrogen and oxygen atoms in total. The summed E-state index contributed by atoms with van der Waals surface area (Å²) in [6.07, 6.45) is 1.16. The summed E-state index contributed by atoms with van der Waals surface area (Å²) < 4.78 is 22.8. The van der Waals surface area contributed by atoms with Crippen LogP contribution >= 0.6 is 11.3 Å². The molecule has 1 aromatic heterocycles. The van der Waals surface area contributed by atoms with Gasteiger partial charge in [0, 0.05) is 0 Å².